The number of nitrogens with one attached hydrogen (secondary N) is 1. The smallest absolute Gasteiger partial charge is 0.147 e. The minimum absolute atomic E-state index is 0.188. The summed E-state index contributed by atoms with van der Waals surface area (Å²) in [6.45, 7) is 0.675. The van der Waals surface area contributed by atoms with Crippen LogP contribution in [-0.4, -0.2) is 27.0 Å². The summed E-state index contributed by atoms with van der Waals surface area (Å²) in [7, 11) is -2.88. The van der Waals surface area contributed by atoms with Crippen molar-refractivity contribution in [3.63, 3.8) is 0 Å². The quantitative estimate of drug-likeness (QED) is 0.831. The lowest BCUT2D eigenvalue weighted by molar-refractivity contribution is 0.526. The van der Waals surface area contributed by atoms with E-state index in [4.69, 9.17) is 0 Å². The van der Waals surface area contributed by atoms with Gasteiger partial charge in [0, 0.05) is 12.3 Å². The maximum atomic E-state index is 13.0. The average Bonchev–Trinajstić information content (AvgIpc) is 2.65. The van der Waals surface area contributed by atoms with Gasteiger partial charge in [-0.15, -0.1) is 0 Å². The molecule has 2 rings (SSSR count). The monoisotopic (exact) mass is 271 g/mol. The number of fused-ring (bicyclic) bond motifs is 1. The van der Waals surface area contributed by atoms with Crippen LogP contribution in [0.1, 0.15) is 30.0 Å². The third-order valence-electron chi connectivity index (χ3n) is 3.27. The molecule has 0 bridgehead atoms. The van der Waals surface area contributed by atoms with Crippen LogP contribution in [0.25, 0.3) is 0 Å². The van der Waals surface area contributed by atoms with Crippen LogP contribution in [0.15, 0.2) is 18.2 Å². The first-order chi connectivity index (χ1) is 8.46. The minimum Gasteiger partial charge on any atom is -0.310 e. The summed E-state index contributed by atoms with van der Waals surface area (Å²) in [5.41, 5.74) is 2.21. The van der Waals surface area contributed by atoms with E-state index >= 15 is 0 Å². The van der Waals surface area contributed by atoms with Crippen LogP contribution in [0, 0.1) is 5.82 Å². The molecule has 5 heteroatoms. The first-order valence-electron chi connectivity index (χ1n) is 6.15. The Morgan fingerprint density at radius 1 is 1.44 bits per heavy atom. The summed E-state index contributed by atoms with van der Waals surface area (Å²) in [5, 5.41) is 3.34. The van der Waals surface area contributed by atoms with Gasteiger partial charge in [-0.25, -0.2) is 12.8 Å². The Labute approximate surface area is 107 Å². The van der Waals surface area contributed by atoms with E-state index in [1.165, 1.54) is 12.3 Å². The highest BCUT2D eigenvalue weighted by molar-refractivity contribution is 7.90. The molecule has 1 unspecified atom stereocenters. The zero-order valence-corrected chi connectivity index (χ0v) is 11.3. The van der Waals surface area contributed by atoms with Gasteiger partial charge < -0.3 is 5.32 Å². The predicted octanol–water partition coefficient (Wildman–Crippen LogP) is 1.84. The van der Waals surface area contributed by atoms with E-state index in [-0.39, 0.29) is 17.6 Å². The Hall–Kier alpha value is -0.940. The third-order valence-corrected chi connectivity index (χ3v) is 4.30. The molecular formula is C13H18FNO2S. The number of aryl methyl sites for hydroxylation is 1. The number of halogens is 1. The van der Waals surface area contributed by atoms with E-state index in [1.807, 2.05) is 6.07 Å². The van der Waals surface area contributed by atoms with Gasteiger partial charge in [0.25, 0.3) is 0 Å². The summed E-state index contributed by atoms with van der Waals surface area (Å²) in [5.74, 6) is 0.0229. The Morgan fingerprint density at radius 2 is 2.22 bits per heavy atom. The molecule has 0 fully saturated rings. The molecule has 1 aromatic rings. The van der Waals surface area contributed by atoms with E-state index in [0.717, 1.165) is 24.0 Å². The van der Waals surface area contributed by atoms with Crippen LogP contribution in [0.4, 0.5) is 4.39 Å². The molecule has 1 aromatic carbocycles. The van der Waals surface area contributed by atoms with Gasteiger partial charge >= 0.3 is 0 Å². The maximum Gasteiger partial charge on any atom is 0.147 e. The summed E-state index contributed by atoms with van der Waals surface area (Å²) < 4.78 is 35.0. The lowest BCUT2D eigenvalue weighted by Gasteiger charge is -2.13. The van der Waals surface area contributed by atoms with Crippen LogP contribution in [0.3, 0.4) is 0 Å². The van der Waals surface area contributed by atoms with E-state index in [2.05, 4.69) is 5.32 Å². The zero-order valence-electron chi connectivity index (χ0n) is 10.4. The van der Waals surface area contributed by atoms with Gasteiger partial charge in [0.05, 0.1) is 5.75 Å². The van der Waals surface area contributed by atoms with Crippen LogP contribution in [0.5, 0.6) is 0 Å². The van der Waals surface area contributed by atoms with Crippen molar-refractivity contribution < 1.29 is 12.8 Å². The maximum absolute atomic E-state index is 13.0. The van der Waals surface area contributed by atoms with Crippen molar-refractivity contribution >= 4 is 9.84 Å². The fraction of sp³-hybridized carbons (Fsp3) is 0.538. The molecule has 0 saturated heterocycles. The highest BCUT2D eigenvalue weighted by Gasteiger charge is 2.21. The van der Waals surface area contributed by atoms with E-state index < -0.39 is 9.84 Å². The average molecular weight is 271 g/mol. The molecule has 0 saturated carbocycles. The van der Waals surface area contributed by atoms with Gasteiger partial charge in [0.15, 0.2) is 0 Å². The van der Waals surface area contributed by atoms with Gasteiger partial charge in [-0.05, 0) is 49.1 Å². The van der Waals surface area contributed by atoms with Crippen molar-refractivity contribution in [3.05, 3.63) is 35.1 Å². The lowest BCUT2D eigenvalue weighted by Crippen LogP contribution is -2.22. The largest absolute Gasteiger partial charge is 0.310 e. The lowest BCUT2D eigenvalue weighted by atomic mass is 10.1. The van der Waals surface area contributed by atoms with Crippen molar-refractivity contribution in [2.24, 2.45) is 0 Å². The summed E-state index contributed by atoms with van der Waals surface area (Å²) in [6.07, 6.45) is 3.71. The fourth-order valence-corrected chi connectivity index (χ4v) is 3.08. The summed E-state index contributed by atoms with van der Waals surface area (Å²) in [4.78, 5) is 0. The van der Waals surface area contributed by atoms with Crippen LogP contribution in [-0.2, 0) is 16.3 Å². The number of benzene rings is 1. The first kappa shape index (κ1) is 13.5. The van der Waals surface area contributed by atoms with Crippen molar-refractivity contribution in [1.82, 2.24) is 5.32 Å². The number of sulfone groups is 1. The Balaban J connectivity index is 1.87. The second kappa shape index (κ2) is 5.36. The second-order valence-electron chi connectivity index (χ2n) is 4.87. The molecule has 1 aliphatic carbocycles. The fourth-order valence-electron chi connectivity index (χ4n) is 2.41. The Bertz CT molecular complexity index is 528. The number of hydrogen-bond donors (Lipinski definition) is 1. The van der Waals surface area contributed by atoms with Gasteiger partial charge in [-0.2, -0.15) is 0 Å². The van der Waals surface area contributed by atoms with Crippen molar-refractivity contribution in [3.8, 4) is 0 Å². The van der Waals surface area contributed by atoms with Gasteiger partial charge in [0.1, 0.15) is 15.7 Å². The molecule has 0 radical (unpaired) electrons. The molecule has 18 heavy (non-hydrogen) atoms. The molecule has 100 valence electrons. The molecule has 1 atom stereocenters. The molecule has 0 heterocycles. The predicted molar refractivity (Wildman–Crippen MR) is 69.8 cm³/mol. The zero-order chi connectivity index (χ0) is 13.2. The molecular weight excluding hydrogens is 253 g/mol. The minimum atomic E-state index is -2.88. The summed E-state index contributed by atoms with van der Waals surface area (Å²) >= 11 is 0. The molecule has 1 N–H and O–H groups in total. The summed E-state index contributed by atoms with van der Waals surface area (Å²) in [6, 6.07) is 5.13. The van der Waals surface area contributed by atoms with Crippen LogP contribution >= 0.6 is 0 Å². The third kappa shape index (κ3) is 3.53. The van der Waals surface area contributed by atoms with Gasteiger partial charge in [-0.3, -0.25) is 0 Å². The normalized spacial score (nSPS) is 18.9. The SMILES string of the molecule is CS(=O)(=O)CCCNC1CCc2cc(F)ccc21. The first-order valence-corrected chi connectivity index (χ1v) is 8.21. The van der Waals surface area contributed by atoms with Gasteiger partial charge in [-0.1, -0.05) is 6.07 Å². The van der Waals surface area contributed by atoms with Crippen LogP contribution in [0.2, 0.25) is 0 Å². The topological polar surface area (TPSA) is 46.2 Å². The molecule has 3 nitrogen and oxygen atoms in total. The van der Waals surface area contributed by atoms with E-state index in [0.29, 0.717) is 13.0 Å². The van der Waals surface area contributed by atoms with Crippen molar-refractivity contribution in [1.29, 1.82) is 0 Å². The van der Waals surface area contributed by atoms with Crippen LogP contribution < -0.4 is 5.32 Å². The van der Waals surface area contributed by atoms with Gasteiger partial charge in [0.2, 0.25) is 0 Å². The molecule has 0 amide bonds. The second-order valence-corrected chi connectivity index (χ2v) is 7.13. The Kier molecular flexibility index (Phi) is 4.02. The van der Waals surface area contributed by atoms with E-state index in [1.54, 1.807) is 6.07 Å². The molecule has 0 aromatic heterocycles. The highest BCUT2D eigenvalue weighted by atomic mass is 32.2. The standard InChI is InChI=1S/C13H18FNO2S/c1-18(16,17)8-2-7-15-13-6-3-10-9-11(14)4-5-12(10)13/h4-5,9,13,15H,2-3,6-8H2,1H3. The van der Waals surface area contributed by atoms with E-state index in [9.17, 15) is 12.8 Å². The highest BCUT2D eigenvalue weighted by Crippen LogP contribution is 2.31. The molecule has 0 aliphatic heterocycles. The van der Waals surface area contributed by atoms with Crippen molar-refractivity contribution in [2.45, 2.75) is 25.3 Å². The molecule has 0 spiro atoms. The Morgan fingerprint density at radius 3 is 2.94 bits per heavy atom. The van der Waals surface area contributed by atoms with Crippen molar-refractivity contribution in [2.75, 3.05) is 18.6 Å². The molecule has 1 aliphatic rings. The number of hydrogen-bond acceptors (Lipinski definition) is 3. The number of rotatable bonds is 5.